The van der Waals surface area contributed by atoms with Gasteiger partial charge in [-0.2, -0.15) is 11.3 Å². The van der Waals surface area contributed by atoms with Crippen LogP contribution in [-0.2, 0) is 11.2 Å². The molecule has 1 atom stereocenters. The quantitative estimate of drug-likeness (QED) is 0.566. The zero-order chi connectivity index (χ0) is 21.3. The summed E-state index contributed by atoms with van der Waals surface area (Å²) in [4.78, 5) is 31.6. The van der Waals surface area contributed by atoms with Crippen LogP contribution in [0.4, 0.5) is 0 Å². The number of benzene rings is 1. The molecule has 3 aromatic rings. The average Bonchev–Trinajstić information content (AvgIpc) is 3.49. The van der Waals surface area contributed by atoms with Gasteiger partial charge >= 0.3 is 0 Å². The number of hydrogen-bond acceptors (Lipinski definition) is 4. The van der Waals surface area contributed by atoms with Crippen LogP contribution in [0.3, 0.4) is 0 Å². The second kappa shape index (κ2) is 8.36. The molecule has 4 nitrogen and oxygen atoms in total. The molecule has 0 radical (unpaired) electrons. The molecule has 0 saturated carbocycles. The van der Waals surface area contributed by atoms with Crippen molar-refractivity contribution in [2.24, 2.45) is 5.41 Å². The number of rotatable bonds is 5. The predicted molar refractivity (Wildman–Crippen MR) is 124 cm³/mol. The summed E-state index contributed by atoms with van der Waals surface area (Å²) in [5.41, 5.74) is 2.96. The van der Waals surface area contributed by atoms with Crippen molar-refractivity contribution in [2.75, 3.05) is 27.2 Å². The normalized spacial score (nSPS) is 18.6. The van der Waals surface area contributed by atoms with Crippen molar-refractivity contribution < 1.29 is 9.59 Å². The summed E-state index contributed by atoms with van der Waals surface area (Å²) in [7, 11) is 3.60. The van der Waals surface area contributed by atoms with Gasteiger partial charge in [-0.1, -0.05) is 24.3 Å². The Morgan fingerprint density at radius 1 is 1.07 bits per heavy atom. The van der Waals surface area contributed by atoms with Crippen molar-refractivity contribution >= 4 is 34.5 Å². The topological polar surface area (TPSA) is 40.6 Å². The lowest BCUT2D eigenvalue weighted by Crippen LogP contribution is -2.44. The van der Waals surface area contributed by atoms with Crippen molar-refractivity contribution in [1.29, 1.82) is 0 Å². The van der Waals surface area contributed by atoms with Crippen LogP contribution in [-0.4, -0.2) is 48.8 Å². The SMILES string of the molecule is Cc1ccc(C(=O)N2CC[C@@](Cc3ccc(-c4ccsc4)cc3)(C(=O)N(C)C)C2)s1. The Morgan fingerprint density at radius 3 is 2.43 bits per heavy atom. The van der Waals surface area contributed by atoms with Gasteiger partial charge in [0.15, 0.2) is 0 Å². The van der Waals surface area contributed by atoms with Gasteiger partial charge in [-0.15, -0.1) is 11.3 Å². The number of likely N-dealkylation sites (tertiary alicyclic amines) is 1. The molecule has 2 amide bonds. The second-order valence-corrected chi connectivity index (χ2v) is 10.3. The van der Waals surface area contributed by atoms with Crippen molar-refractivity contribution in [3.63, 3.8) is 0 Å². The predicted octanol–water partition coefficient (Wildman–Crippen LogP) is 4.95. The van der Waals surface area contributed by atoms with E-state index >= 15 is 0 Å². The van der Waals surface area contributed by atoms with Crippen molar-refractivity contribution in [2.45, 2.75) is 19.8 Å². The van der Waals surface area contributed by atoms with E-state index in [1.807, 2.05) is 24.0 Å². The number of hydrogen-bond donors (Lipinski definition) is 0. The van der Waals surface area contributed by atoms with Crippen LogP contribution in [0.2, 0.25) is 0 Å². The van der Waals surface area contributed by atoms with Crippen LogP contribution in [0.25, 0.3) is 11.1 Å². The summed E-state index contributed by atoms with van der Waals surface area (Å²) in [5.74, 6) is 0.136. The summed E-state index contributed by atoms with van der Waals surface area (Å²) in [6.07, 6.45) is 1.33. The molecule has 2 aromatic heterocycles. The van der Waals surface area contributed by atoms with E-state index in [2.05, 4.69) is 41.1 Å². The highest BCUT2D eigenvalue weighted by Crippen LogP contribution is 2.37. The van der Waals surface area contributed by atoms with Crippen molar-refractivity contribution in [1.82, 2.24) is 9.80 Å². The summed E-state index contributed by atoms with van der Waals surface area (Å²) in [5, 5.41) is 4.21. The summed E-state index contributed by atoms with van der Waals surface area (Å²) < 4.78 is 0. The minimum absolute atomic E-state index is 0.0364. The first kappa shape index (κ1) is 20.8. The lowest BCUT2D eigenvalue weighted by atomic mass is 9.79. The second-order valence-electron chi connectivity index (χ2n) is 8.25. The largest absolute Gasteiger partial charge is 0.348 e. The first-order chi connectivity index (χ1) is 14.4. The monoisotopic (exact) mass is 438 g/mol. The van der Waals surface area contributed by atoms with E-state index in [0.717, 1.165) is 15.3 Å². The van der Waals surface area contributed by atoms with Gasteiger partial charge in [-0.3, -0.25) is 9.59 Å². The molecular formula is C24H26N2O2S2. The van der Waals surface area contributed by atoms with Crippen LogP contribution >= 0.6 is 22.7 Å². The fourth-order valence-electron chi connectivity index (χ4n) is 4.25. The zero-order valence-electron chi connectivity index (χ0n) is 17.6. The van der Waals surface area contributed by atoms with Gasteiger partial charge in [0.1, 0.15) is 0 Å². The van der Waals surface area contributed by atoms with E-state index < -0.39 is 5.41 Å². The standard InChI is InChI=1S/C24H26N2O2S2/c1-17-4-9-21(30-17)22(27)26-12-11-24(16-26,23(28)25(2)3)14-18-5-7-19(8-6-18)20-10-13-29-15-20/h4-10,13,15H,11-12,14,16H2,1-3H3/t24-/m0/s1. The van der Waals surface area contributed by atoms with Crippen LogP contribution in [0.1, 0.15) is 26.5 Å². The van der Waals surface area contributed by atoms with E-state index in [-0.39, 0.29) is 11.8 Å². The Kier molecular flexibility index (Phi) is 5.80. The fraction of sp³-hybridized carbons (Fsp3) is 0.333. The lowest BCUT2D eigenvalue weighted by molar-refractivity contribution is -0.138. The molecular weight excluding hydrogens is 412 g/mol. The minimum atomic E-state index is -0.574. The van der Waals surface area contributed by atoms with Crippen LogP contribution in [0.5, 0.6) is 0 Å². The zero-order valence-corrected chi connectivity index (χ0v) is 19.2. The molecule has 1 saturated heterocycles. The Balaban J connectivity index is 1.56. The van der Waals surface area contributed by atoms with Gasteiger partial charge in [-0.05, 0) is 65.4 Å². The minimum Gasteiger partial charge on any atom is -0.348 e. The van der Waals surface area contributed by atoms with Gasteiger partial charge in [0, 0.05) is 32.1 Å². The molecule has 1 aliphatic heterocycles. The molecule has 0 spiro atoms. The van der Waals surface area contributed by atoms with E-state index in [4.69, 9.17) is 0 Å². The number of nitrogens with zero attached hydrogens (tertiary/aromatic N) is 2. The van der Waals surface area contributed by atoms with Gasteiger partial charge in [-0.25, -0.2) is 0 Å². The maximum atomic E-state index is 13.2. The molecule has 1 aromatic carbocycles. The fourth-order valence-corrected chi connectivity index (χ4v) is 5.75. The Hall–Kier alpha value is -2.44. The van der Waals surface area contributed by atoms with E-state index in [1.165, 1.54) is 22.5 Å². The van der Waals surface area contributed by atoms with Crippen LogP contribution in [0.15, 0.2) is 53.2 Å². The summed E-state index contributed by atoms with van der Waals surface area (Å²) >= 11 is 3.20. The first-order valence-electron chi connectivity index (χ1n) is 10.1. The molecule has 6 heteroatoms. The van der Waals surface area contributed by atoms with E-state index in [9.17, 15) is 9.59 Å². The summed E-state index contributed by atoms with van der Waals surface area (Å²) in [6.45, 7) is 3.08. The molecule has 0 unspecified atom stereocenters. The molecule has 0 aliphatic carbocycles. The molecule has 3 heterocycles. The maximum absolute atomic E-state index is 13.2. The lowest BCUT2D eigenvalue weighted by Gasteiger charge is -2.31. The number of carbonyl (C=O) groups is 2. The highest BCUT2D eigenvalue weighted by Gasteiger charge is 2.47. The number of aryl methyl sites for hydroxylation is 1. The van der Waals surface area contributed by atoms with Crippen LogP contribution < -0.4 is 0 Å². The van der Waals surface area contributed by atoms with Gasteiger partial charge < -0.3 is 9.80 Å². The van der Waals surface area contributed by atoms with Crippen molar-refractivity contribution in [3.8, 4) is 11.1 Å². The molecule has 30 heavy (non-hydrogen) atoms. The Labute approximate surface area is 185 Å². The molecule has 4 rings (SSSR count). The molecule has 156 valence electrons. The molecule has 0 bridgehead atoms. The Morgan fingerprint density at radius 2 is 1.83 bits per heavy atom. The van der Waals surface area contributed by atoms with E-state index in [0.29, 0.717) is 25.9 Å². The summed E-state index contributed by atoms with van der Waals surface area (Å²) in [6, 6.07) is 14.5. The molecule has 0 N–H and O–H groups in total. The number of amides is 2. The van der Waals surface area contributed by atoms with Gasteiger partial charge in [0.25, 0.3) is 5.91 Å². The molecule has 1 aliphatic rings. The molecule has 1 fully saturated rings. The number of carbonyl (C=O) groups excluding carboxylic acids is 2. The third-order valence-corrected chi connectivity index (χ3v) is 7.47. The third kappa shape index (κ3) is 4.07. The average molecular weight is 439 g/mol. The maximum Gasteiger partial charge on any atom is 0.263 e. The Bertz CT molecular complexity index is 1040. The van der Waals surface area contributed by atoms with Gasteiger partial charge in [0.2, 0.25) is 5.91 Å². The smallest absolute Gasteiger partial charge is 0.263 e. The third-order valence-electron chi connectivity index (χ3n) is 5.80. The highest BCUT2D eigenvalue weighted by atomic mass is 32.1. The van der Waals surface area contributed by atoms with Crippen LogP contribution in [0, 0.1) is 12.3 Å². The number of thiophene rings is 2. The first-order valence-corrected chi connectivity index (χ1v) is 11.8. The van der Waals surface area contributed by atoms with Gasteiger partial charge in [0.05, 0.1) is 10.3 Å². The van der Waals surface area contributed by atoms with E-state index in [1.54, 1.807) is 30.3 Å². The highest BCUT2D eigenvalue weighted by molar-refractivity contribution is 7.13. The van der Waals surface area contributed by atoms with Crippen molar-refractivity contribution in [3.05, 3.63) is 68.5 Å².